The Bertz CT molecular complexity index is 1030. The molecule has 0 fully saturated rings. The Hall–Kier alpha value is -3.04. The summed E-state index contributed by atoms with van der Waals surface area (Å²) in [5, 5.41) is 0.966. The number of thiophene rings is 1. The van der Waals surface area contributed by atoms with E-state index < -0.39 is 0 Å². The first-order valence-electron chi connectivity index (χ1n) is 7.31. The molecule has 0 bridgehead atoms. The normalized spacial score (nSPS) is 13.2. The molecule has 0 amide bonds. The van der Waals surface area contributed by atoms with Gasteiger partial charge in [0.15, 0.2) is 16.4 Å². The molecule has 2 aromatic carbocycles. The Kier molecular flexibility index (Phi) is 3.36. The minimum Gasteiger partial charge on any atom is -0.454 e. The van der Waals surface area contributed by atoms with E-state index in [1.54, 1.807) is 7.05 Å². The second-order valence-electron chi connectivity index (χ2n) is 5.30. The molecule has 2 heterocycles. The molecule has 0 unspecified atom stereocenters. The highest BCUT2D eigenvalue weighted by Crippen LogP contribution is 2.41. The van der Waals surface area contributed by atoms with Crippen molar-refractivity contribution < 1.29 is 9.47 Å². The van der Waals surface area contributed by atoms with Gasteiger partial charge < -0.3 is 15.2 Å². The fourth-order valence-electron chi connectivity index (χ4n) is 2.74. The van der Waals surface area contributed by atoms with Crippen LogP contribution in [0.2, 0.25) is 0 Å². The summed E-state index contributed by atoms with van der Waals surface area (Å²) >= 11 is 1.53. The molecule has 118 valence electrons. The zero-order chi connectivity index (χ0) is 16.7. The Morgan fingerprint density at radius 3 is 2.71 bits per heavy atom. The number of ether oxygens (including phenoxy) is 2. The average molecular weight is 336 g/mol. The molecule has 0 spiro atoms. The highest BCUT2D eigenvalue weighted by molar-refractivity contribution is 7.21. The highest BCUT2D eigenvalue weighted by Gasteiger charge is 2.23. The van der Waals surface area contributed by atoms with Gasteiger partial charge in [0.1, 0.15) is 5.84 Å². The minimum atomic E-state index is 0.267. The summed E-state index contributed by atoms with van der Waals surface area (Å²) in [6.45, 7) is 5.82. The quantitative estimate of drug-likeness (QED) is 0.563. The van der Waals surface area contributed by atoms with Gasteiger partial charge in [0.05, 0.1) is 5.39 Å². The fourth-order valence-corrected chi connectivity index (χ4v) is 3.88. The Labute approximate surface area is 142 Å². The summed E-state index contributed by atoms with van der Waals surface area (Å²) in [7, 11) is 1.65. The lowest BCUT2D eigenvalue weighted by atomic mass is 10.0. The van der Waals surface area contributed by atoms with Gasteiger partial charge in [-0.25, -0.2) is 0 Å². The number of amidine groups is 1. The highest BCUT2D eigenvalue weighted by atomic mass is 32.1. The smallest absolute Gasteiger partial charge is 0.369 e. The van der Waals surface area contributed by atoms with Crippen LogP contribution >= 0.6 is 11.3 Å². The van der Waals surface area contributed by atoms with Crippen LogP contribution in [-0.2, 0) is 0 Å². The number of nitrogens with zero attached hydrogens (tertiary/aromatic N) is 2. The zero-order valence-electron chi connectivity index (χ0n) is 12.9. The summed E-state index contributed by atoms with van der Waals surface area (Å²) in [6, 6.07) is 12.0. The van der Waals surface area contributed by atoms with Crippen LogP contribution in [0.5, 0.6) is 11.5 Å². The molecule has 1 aliphatic heterocycles. The summed E-state index contributed by atoms with van der Waals surface area (Å²) in [5.41, 5.74) is 8.76. The number of benzene rings is 2. The van der Waals surface area contributed by atoms with Crippen LogP contribution in [0.1, 0.15) is 4.88 Å². The van der Waals surface area contributed by atoms with Gasteiger partial charge in [0.2, 0.25) is 6.79 Å². The molecule has 0 radical (unpaired) electrons. The first kappa shape index (κ1) is 14.5. The molecule has 1 aromatic heterocycles. The van der Waals surface area contributed by atoms with Crippen molar-refractivity contribution in [1.29, 1.82) is 0 Å². The molecular weight excluding hydrogens is 322 g/mol. The largest absolute Gasteiger partial charge is 0.454 e. The lowest BCUT2D eigenvalue weighted by Gasteiger charge is -2.03. The van der Waals surface area contributed by atoms with E-state index in [-0.39, 0.29) is 6.79 Å². The molecule has 1 aliphatic rings. The first-order chi connectivity index (χ1) is 11.7. The molecule has 3 aromatic rings. The SMILES string of the molecule is C#[N+]c1c(C(N)=NC)sc2cc(-c3ccc4c(c3)OCO4)ccc12. The monoisotopic (exact) mass is 336 g/mol. The number of fused-ring (bicyclic) bond motifs is 2. The Morgan fingerprint density at radius 1 is 1.17 bits per heavy atom. The average Bonchev–Trinajstić information content (AvgIpc) is 3.23. The van der Waals surface area contributed by atoms with Crippen LogP contribution < -0.4 is 15.2 Å². The lowest BCUT2D eigenvalue weighted by Crippen LogP contribution is -2.10. The maximum atomic E-state index is 5.96. The molecule has 0 aliphatic carbocycles. The molecule has 0 saturated heterocycles. The van der Waals surface area contributed by atoms with E-state index in [2.05, 4.69) is 15.9 Å². The number of rotatable bonds is 2. The van der Waals surface area contributed by atoms with E-state index >= 15 is 0 Å². The number of hydrogen-bond acceptors (Lipinski definition) is 4. The van der Waals surface area contributed by atoms with Crippen molar-refractivity contribution in [3.8, 4) is 29.2 Å². The topological polar surface area (TPSA) is 61.2 Å². The number of nitrogens with two attached hydrogens (primary N) is 1. The van der Waals surface area contributed by atoms with E-state index in [9.17, 15) is 0 Å². The summed E-state index contributed by atoms with van der Waals surface area (Å²) in [6.07, 6.45) is 0. The van der Waals surface area contributed by atoms with Gasteiger partial charge in [-0.1, -0.05) is 12.1 Å². The zero-order valence-corrected chi connectivity index (χ0v) is 13.8. The van der Waals surface area contributed by atoms with E-state index in [0.717, 1.165) is 37.6 Å². The van der Waals surface area contributed by atoms with Gasteiger partial charge in [0, 0.05) is 11.7 Å². The molecule has 0 saturated carbocycles. The van der Waals surface area contributed by atoms with Crippen molar-refractivity contribution in [2.24, 2.45) is 10.7 Å². The number of hydrogen-bond donors (Lipinski definition) is 1. The van der Waals surface area contributed by atoms with Crippen LogP contribution in [0.3, 0.4) is 0 Å². The Balaban J connectivity index is 1.86. The first-order valence-corrected chi connectivity index (χ1v) is 8.13. The third-order valence-electron chi connectivity index (χ3n) is 3.97. The summed E-state index contributed by atoms with van der Waals surface area (Å²) in [5.74, 6) is 1.97. The predicted molar refractivity (Wildman–Crippen MR) is 98.0 cm³/mol. The van der Waals surface area contributed by atoms with Crippen molar-refractivity contribution >= 4 is 32.9 Å². The third-order valence-corrected chi connectivity index (χ3v) is 5.14. The summed E-state index contributed by atoms with van der Waals surface area (Å²) in [4.78, 5) is 8.72. The van der Waals surface area contributed by atoms with E-state index in [4.69, 9.17) is 21.8 Å². The molecule has 4 rings (SSSR count). The molecule has 24 heavy (non-hydrogen) atoms. The minimum absolute atomic E-state index is 0.267. The van der Waals surface area contributed by atoms with E-state index in [0.29, 0.717) is 11.5 Å². The van der Waals surface area contributed by atoms with Crippen LogP contribution in [0, 0.1) is 6.57 Å². The second kappa shape index (κ2) is 5.55. The second-order valence-corrected chi connectivity index (χ2v) is 6.35. The van der Waals surface area contributed by atoms with Crippen molar-refractivity contribution in [1.82, 2.24) is 0 Å². The molecule has 5 nitrogen and oxygen atoms in total. The fraction of sp³-hybridized carbons (Fsp3) is 0.111. The van der Waals surface area contributed by atoms with Crippen molar-refractivity contribution in [2.45, 2.75) is 0 Å². The third kappa shape index (κ3) is 2.18. The maximum Gasteiger partial charge on any atom is 0.369 e. The molecular formula is C18H14N3O2S+. The van der Waals surface area contributed by atoms with Crippen LogP contribution in [0.25, 0.3) is 26.1 Å². The standard InChI is InChI=1S/C18H14N3O2S/c1-20-16-12-5-3-11(8-15(12)24-17(16)18(19)21-2)10-4-6-13-14(7-10)23-9-22-13/h1,3-8H,9H2,2H3,(H2,19,21)/q+1. The van der Waals surface area contributed by atoms with Crippen LogP contribution in [-0.4, -0.2) is 19.7 Å². The molecule has 6 heteroatoms. The number of aliphatic imine (C=N–C) groups is 1. The lowest BCUT2D eigenvalue weighted by molar-refractivity contribution is 0.174. The van der Waals surface area contributed by atoms with Gasteiger partial charge in [0.25, 0.3) is 6.57 Å². The maximum absolute atomic E-state index is 5.96. The summed E-state index contributed by atoms with van der Waals surface area (Å²) < 4.78 is 11.9. The Morgan fingerprint density at radius 2 is 1.92 bits per heavy atom. The van der Waals surface area contributed by atoms with E-state index in [1.165, 1.54) is 11.3 Å². The van der Waals surface area contributed by atoms with Gasteiger partial charge in [-0.05, 0) is 40.2 Å². The van der Waals surface area contributed by atoms with Gasteiger partial charge in [-0.15, -0.1) is 11.3 Å². The van der Waals surface area contributed by atoms with Gasteiger partial charge >= 0.3 is 5.69 Å². The van der Waals surface area contributed by atoms with Crippen molar-refractivity contribution in [3.63, 3.8) is 0 Å². The van der Waals surface area contributed by atoms with Crippen molar-refractivity contribution in [2.75, 3.05) is 13.8 Å². The van der Waals surface area contributed by atoms with Crippen LogP contribution in [0.15, 0.2) is 41.4 Å². The van der Waals surface area contributed by atoms with Crippen LogP contribution in [0.4, 0.5) is 5.69 Å². The molecule has 2 N–H and O–H groups in total. The van der Waals surface area contributed by atoms with E-state index in [1.807, 2.05) is 30.3 Å². The van der Waals surface area contributed by atoms with Gasteiger partial charge in [-0.3, -0.25) is 4.99 Å². The van der Waals surface area contributed by atoms with Gasteiger partial charge in [-0.2, -0.15) is 0 Å². The van der Waals surface area contributed by atoms with Crippen molar-refractivity contribution in [3.05, 3.63) is 46.1 Å². The molecule has 0 atom stereocenters. The predicted octanol–water partition coefficient (Wildman–Crippen LogP) is 4.23.